The second-order valence-electron chi connectivity index (χ2n) is 6.22. The fourth-order valence-corrected chi connectivity index (χ4v) is 3.85. The Balaban J connectivity index is 1.62. The molecule has 0 atom stereocenters. The SMILES string of the molecule is COCCn1c(SCC(=O)c2cc3ccccc3o2)nc2ccccc2c1=O. The summed E-state index contributed by atoms with van der Waals surface area (Å²) in [6, 6.07) is 16.4. The number of Topliss-reactive ketones (excluding diaryl/α,β-unsaturated/α-hetero) is 1. The summed E-state index contributed by atoms with van der Waals surface area (Å²) < 4.78 is 12.3. The van der Waals surface area contributed by atoms with E-state index in [-0.39, 0.29) is 17.1 Å². The molecule has 2 aromatic heterocycles. The topological polar surface area (TPSA) is 74.3 Å². The molecule has 4 rings (SSSR count). The number of furan rings is 1. The fraction of sp³-hybridized carbons (Fsp3) is 0.190. The van der Waals surface area contributed by atoms with Crippen molar-refractivity contribution in [2.24, 2.45) is 0 Å². The Morgan fingerprint density at radius 1 is 1.18 bits per heavy atom. The number of ketones is 1. The zero-order valence-electron chi connectivity index (χ0n) is 15.3. The first kappa shape index (κ1) is 18.5. The van der Waals surface area contributed by atoms with Gasteiger partial charge in [-0.2, -0.15) is 0 Å². The summed E-state index contributed by atoms with van der Waals surface area (Å²) in [4.78, 5) is 30.0. The number of para-hydroxylation sites is 2. The maximum absolute atomic E-state index is 12.8. The van der Waals surface area contributed by atoms with E-state index in [1.165, 1.54) is 11.8 Å². The first-order valence-electron chi connectivity index (χ1n) is 8.80. The number of hydrogen-bond acceptors (Lipinski definition) is 6. The molecule has 2 heterocycles. The van der Waals surface area contributed by atoms with Crippen molar-refractivity contribution in [3.05, 3.63) is 70.7 Å². The van der Waals surface area contributed by atoms with Crippen LogP contribution in [0.5, 0.6) is 0 Å². The van der Waals surface area contributed by atoms with E-state index < -0.39 is 0 Å². The smallest absolute Gasteiger partial charge is 0.262 e. The van der Waals surface area contributed by atoms with Crippen LogP contribution in [0.15, 0.2) is 69.0 Å². The molecule has 0 aliphatic carbocycles. The molecule has 6 nitrogen and oxygen atoms in total. The summed E-state index contributed by atoms with van der Waals surface area (Å²) in [5.74, 6) is 0.277. The monoisotopic (exact) mass is 394 g/mol. The summed E-state index contributed by atoms with van der Waals surface area (Å²) in [5.41, 5.74) is 1.15. The van der Waals surface area contributed by atoms with Crippen molar-refractivity contribution >= 4 is 39.4 Å². The van der Waals surface area contributed by atoms with Gasteiger partial charge >= 0.3 is 0 Å². The van der Waals surface area contributed by atoms with Crippen LogP contribution in [0.4, 0.5) is 0 Å². The molecule has 0 amide bonds. The molecule has 0 fully saturated rings. The van der Waals surface area contributed by atoms with Crippen molar-refractivity contribution in [1.29, 1.82) is 0 Å². The molecule has 7 heteroatoms. The van der Waals surface area contributed by atoms with Crippen LogP contribution in [0, 0.1) is 0 Å². The fourth-order valence-electron chi connectivity index (χ4n) is 2.96. The van der Waals surface area contributed by atoms with Crippen LogP contribution in [-0.2, 0) is 11.3 Å². The Hall–Kier alpha value is -2.90. The number of aromatic nitrogens is 2. The molecular weight excluding hydrogens is 376 g/mol. The highest BCUT2D eigenvalue weighted by Crippen LogP contribution is 2.23. The van der Waals surface area contributed by atoms with E-state index >= 15 is 0 Å². The van der Waals surface area contributed by atoms with Gasteiger partial charge in [-0.3, -0.25) is 14.2 Å². The van der Waals surface area contributed by atoms with E-state index in [0.717, 1.165) is 5.39 Å². The van der Waals surface area contributed by atoms with Crippen LogP contribution in [0.3, 0.4) is 0 Å². The third kappa shape index (κ3) is 3.58. The summed E-state index contributed by atoms with van der Waals surface area (Å²) in [6.45, 7) is 0.749. The highest BCUT2D eigenvalue weighted by Gasteiger charge is 2.16. The molecule has 0 saturated carbocycles. The maximum Gasteiger partial charge on any atom is 0.262 e. The van der Waals surface area contributed by atoms with Gasteiger partial charge in [0, 0.05) is 12.5 Å². The number of fused-ring (bicyclic) bond motifs is 2. The van der Waals surface area contributed by atoms with E-state index in [0.29, 0.717) is 40.6 Å². The molecule has 28 heavy (non-hydrogen) atoms. The third-order valence-corrected chi connectivity index (χ3v) is 5.35. The van der Waals surface area contributed by atoms with Crippen LogP contribution in [0.1, 0.15) is 10.6 Å². The number of thioether (sulfide) groups is 1. The number of nitrogens with zero attached hydrogens (tertiary/aromatic N) is 2. The molecular formula is C21H18N2O4S. The second kappa shape index (κ2) is 8.00. The first-order valence-corrected chi connectivity index (χ1v) is 9.79. The third-order valence-electron chi connectivity index (χ3n) is 4.38. The highest BCUT2D eigenvalue weighted by atomic mass is 32.2. The number of benzene rings is 2. The molecule has 4 aromatic rings. The predicted molar refractivity (Wildman–Crippen MR) is 109 cm³/mol. The Kier molecular flexibility index (Phi) is 5.27. The number of carbonyl (C=O) groups excluding carboxylic acids is 1. The van der Waals surface area contributed by atoms with E-state index in [1.807, 2.05) is 36.4 Å². The predicted octanol–water partition coefficient (Wildman–Crippen LogP) is 3.76. The lowest BCUT2D eigenvalue weighted by molar-refractivity contribution is 0.0994. The van der Waals surface area contributed by atoms with Crippen LogP contribution >= 0.6 is 11.8 Å². The zero-order chi connectivity index (χ0) is 19.5. The summed E-state index contributed by atoms with van der Waals surface area (Å²) >= 11 is 1.23. The normalized spacial score (nSPS) is 11.3. The molecule has 0 aliphatic rings. The van der Waals surface area contributed by atoms with E-state index in [2.05, 4.69) is 4.98 Å². The molecule has 0 aliphatic heterocycles. The van der Waals surface area contributed by atoms with Crippen molar-refractivity contribution in [2.45, 2.75) is 11.7 Å². The molecule has 0 saturated heterocycles. The minimum atomic E-state index is -0.151. The largest absolute Gasteiger partial charge is 0.453 e. The molecule has 0 spiro atoms. The minimum Gasteiger partial charge on any atom is -0.453 e. The van der Waals surface area contributed by atoms with E-state index in [4.69, 9.17) is 9.15 Å². The Bertz CT molecular complexity index is 1180. The van der Waals surface area contributed by atoms with Crippen molar-refractivity contribution in [1.82, 2.24) is 9.55 Å². The molecule has 0 N–H and O–H groups in total. The van der Waals surface area contributed by atoms with Crippen molar-refractivity contribution in [3.63, 3.8) is 0 Å². The highest BCUT2D eigenvalue weighted by molar-refractivity contribution is 7.99. The Labute approximate surface area is 165 Å². The van der Waals surface area contributed by atoms with Gasteiger partial charge in [0.1, 0.15) is 5.58 Å². The van der Waals surface area contributed by atoms with Crippen molar-refractivity contribution in [2.75, 3.05) is 19.5 Å². The van der Waals surface area contributed by atoms with Crippen LogP contribution in [-0.4, -0.2) is 34.8 Å². The molecule has 2 aromatic carbocycles. The number of ether oxygens (including phenoxy) is 1. The number of methoxy groups -OCH3 is 1. The minimum absolute atomic E-state index is 0.123. The van der Waals surface area contributed by atoms with Crippen LogP contribution < -0.4 is 5.56 Å². The van der Waals surface area contributed by atoms with E-state index in [9.17, 15) is 9.59 Å². The quantitative estimate of drug-likeness (QED) is 0.270. The number of hydrogen-bond donors (Lipinski definition) is 0. The summed E-state index contributed by atoms with van der Waals surface area (Å²) in [7, 11) is 1.58. The Morgan fingerprint density at radius 3 is 2.79 bits per heavy atom. The lowest BCUT2D eigenvalue weighted by Gasteiger charge is -2.12. The standard InChI is InChI=1S/C21H18N2O4S/c1-26-11-10-23-20(25)15-7-3-4-8-16(15)22-21(23)28-13-17(24)19-12-14-6-2-5-9-18(14)27-19/h2-9,12H,10-11,13H2,1H3. The molecule has 142 valence electrons. The maximum atomic E-state index is 12.8. The van der Waals surface area contributed by atoms with Gasteiger partial charge in [0.2, 0.25) is 5.78 Å². The van der Waals surface area contributed by atoms with Gasteiger partial charge in [-0.1, -0.05) is 42.1 Å². The Morgan fingerprint density at radius 2 is 1.96 bits per heavy atom. The van der Waals surface area contributed by atoms with Gasteiger partial charge in [0.25, 0.3) is 5.56 Å². The van der Waals surface area contributed by atoms with Gasteiger partial charge < -0.3 is 9.15 Å². The van der Waals surface area contributed by atoms with Gasteiger partial charge in [0.15, 0.2) is 10.9 Å². The second-order valence-corrected chi connectivity index (χ2v) is 7.16. The van der Waals surface area contributed by atoms with Gasteiger partial charge in [-0.05, 0) is 24.3 Å². The van der Waals surface area contributed by atoms with E-state index in [1.54, 1.807) is 29.9 Å². The van der Waals surface area contributed by atoms with Crippen molar-refractivity contribution < 1.29 is 13.9 Å². The molecule has 0 unspecified atom stereocenters. The van der Waals surface area contributed by atoms with Crippen LogP contribution in [0.25, 0.3) is 21.9 Å². The lowest BCUT2D eigenvalue weighted by atomic mass is 10.2. The average Bonchev–Trinajstić information content (AvgIpc) is 3.16. The average molecular weight is 394 g/mol. The first-order chi connectivity index (χ1) is 13.7. The lowest BCUT2D eigenvalue weighted by Crippen LogP contribution is -2.25. The van der Waals surface area contributed by atoms with Gasteiger partial charge in [-0.25, -0.2) is 4.98 Å². The van der Waals surface area contributed by atoms with Gasteiger partial charge in [0.05, 0.1) is 29.8 Å². The molecule has 0 bridgehead atoms. The number of rotatable bonds is 7. The number of carbonyl (C=O) groups is 1. The van der Waals surface area contributed by atoms with Gasteiger partial charge in [-0.15, -0.1) is 0 Å². The van der Waals surface area contributed by atoms with Crippen molar-refractivity contribution in [3.8, 4) is 0 Å². The zero-order valence-corrected chi connectivity index (χ0v) is 16.1. The molecule has 0 radical (unpaired) electrons. The summed E-state index contributed by atoms with van der Waals surface area (Å²) in [5, 5.41) is 1.92. The summed E-state index contributed by atoms with van der Waals surface area (Å²) in [6.07, 6.45) is 0. The van der Waals surface area contributed by atoms with Crippen LogP contribution in [0.2, 0.25) is 0 Å².